The Labute approximate surface area is 121 Å². The Hall–Kier alpha value is -1.20. The summed E-state index contributed by atoms with van der Waals surface area (Å²) in [5.74, 6) is 0.417. The first-order valence-corrected chi connectivity index (χ1v) is 6.35. The Morgan fingerprint density at radius 2 is 1.63 bits per heavy atom. The van der Waals surface area contributed by atoms with E-state index < -0.39 is 7.12 Å². The smallest absolute Gasteiger partial charge is 0.486 e. The van der Waals surface area contributed by atoms with E-state index >= 15 is 0 Å². The average molecular weight is 297 g/mol. The predicted octanol–water partition coefficient (Wildman–Crippen LogP) is 2.25. The second kappa shape index (κ2) is 6.30. The summed E-state index contributed by atoms with van der Waals surface area (Å²) in [6.07, 6.45) is 0. The van der Waals surface area contributed by atoms with Gasteiger partial charge in [-0.05, 0) is 23.2 Å². The van der Waals surface area contributed by atoms with Crippen molar-refractivity contribution < 1.29 is 14.8 Å². The van der Waals surface area contributed by atoms with Crippen LogP contribution in [-0.2, 0) is 6.61 Å². The molecule has 0 atom stereocenters. The summed E-state index contributed by atoms with van der Waals surface area (Å²) in [7, 11) is -1.50. The highest BCUT2D eigenvalue weighted by Gasteiger charge is 2.11. The molecule has 2 aromatic carbocycles. The molecule has 19 heavy (non-hydrogen) atoms. The second-order valence-corrected chi connectivity index (χ2v) is 4.77. The van der Waals surface area contributed by atoms with E-state index in [-0.39, 0.29) is 6.61 Å². The fraction of sp³-hybridized carbons (Fsp3) is 0.0769. The van der Waals surface area contributed by atoms with E-state index in [4.69, 9.17) is 38.0 Å². The van der Waals surface area contributed by atoms with Crippen molar-refractivity contribution in [1.82, 2.24) is 0 Å². The molecule has 0 spiro atoms. The predicted molar refractivity (Wildman–Crippen MR) is 77.1 cm³/mol. The van der Waals surface area contributed by atoms with E-state index in [1.807, 2.05) is 6.07 Å². The number of hydrogen-bond acceptors (Lipinski definition) is 3. The third-order valence-corrected chi connectivity index (χ3v) is 3.15. The standard InChI is InChI=1S/C13H11BCl2O3/c15-11-5-2-6-12(16)13(11)19-8-9-3-1-4-10(7-9)14(17)18/h1-7,17-18H,8H2. The van der Waals surface area contributed by atoms with Crippen molar-refractivity contribution in [3.63, 3.8) is 0 Å². The van der Waals surface area contributed by atoms with Crippen LogP contribution in [0.25, 0.3) is 0 Å². The Morgan fingerprint density at radius 1 is 1.00 bits per heavy atom. The van der Waals surface area contributed by atoms with Gasteiger partial charge in [-0.2, -0.15) is 0 Å². The summed E-state index contributed by atoms with van der Waals surface area (Å²) in [5, 5.41) is 19.1. The van der Waals surface area contributed by atoms with Gasteiger partial charge in [0.05, 0.1) is 10.0 Å². The van der Waals surface area contributed by atoms with Gasteiger partial charge in [0.1, 0.15) is 6.61 Å². The first-order valence-electron chi connectivity index (χ1n) is 5.59. The van der Waals surface area contributed by atoms with E-state index in [0.29, 0.717) is 21.3 Å². The molecule has 0 amide bonds. The minimum absolute atomic E-state index is 0.240. The molecule has 3 nitrogen and oxygen atoms in total. The van der Waals surface area contributed by atoms with E-state index in [0.717, 1.165) is 5.56 Å². The van der Waals surface area contributed by atoms with Crippen LogP contribution in [0.3, 0.4) is 0 Å². The van der Waals surface area contributed by atoms with Crippen molar-refractivity contribution in [2.45, 2.75) is 6.61 Å². The van der Waals surface area contributed by atoms with Crippen LogP contribution in [0.15, 0.2) is 42.5 Å². The lowest BCUT2D eigenvalue weighted by atomic mass is 9.80. The molecule has 0 bridgehead atoms. The van der Waals surface area contributed by atoms with Crippen molar-refractivity contribution in [2.24, 2.45) is 0 Å². The van der Waals surface area contributed by atoms with Crippen LogP contribution in [0.5, 0.6) is 5.75 Å². The molecule has 0 unspecified atom stereocenters. The van der Waals surface area contributed by atoms with Gasteiger partial charge in [-0.3, -0.25) is 0 Å². The first kappa shape index (κ1) is 14.2. The maximum atomic E-state index is 9.09. The van der Waals surface area contributed by atoms with Crippen LogP contribution in [-0.4, -0.2) is 17.2 Å². The van der Waals surface area contributed by atoms with Gasteiger partial charge in [-0.1, -0.05) is 53.5 Å². The number of para-hydroxylation sites is 1. The zero-order valence-electron chi connectivity index (χ0n) is 9.88. The van der Waals surface area contributed by atoms with Crippen LogP contribution < -0.4 is 10.2 Å². The number of ether oxygens (including phenoxy) is 1. The van der Waals surface area contributed by atoms with Gasteiger partial charge in [-0.15, -0.1) is 0 Å². The Kier molecular flexibility index (Phi) is 4.72. The summed E-state index contributed by atoms with van der Waals surface area (Å²) in [6.45, 7) is 0.240. The largest absolute Gasteiger partial charge is 0.488 e. The molecular weight excluding hydrogens is 286 g/mol. The zero-order chi connectivity index (χ0) is 13.8. The molecule has 2 aromatic rings. The minimum atomic E-state index is -1.50. The Morgan fingerprint density at radius 3 is 2.26 bits per heavy atom. The van der Waals surface area contributed by atoms with Gasteiger partial charge < -0.3 is 14.8 Å². The van der Waals surface area contributed by atoms with Gasteiger partial charge in [0.25, 0.3) is 0 Å². The average Bonchev–Trinajstić information content (AvgIpc) is 2.38. The summed E-state index contributed by atoms with van der Waals surface area (Å²) in [6, 6.07) is 11.9. The number of halogens is 2. The highest BCUT2D eigenvalue weighted by molar-refractivity contribution is 6.58. The van der Waals surface area contributed by atoms with Crippen molar-refractivity contribution in [3.8, 4) is 5.75 Å². The summed E-state index contributed by atoms with van der Waals surface area (Å²) < 4.78 is 5.56. The van der Waals surface area contributed by atoms with Crippen LogP contribution in [0.4, 0.5) is 0 Å². The van der Waals surface area contributed by atoms with Crippen molar-refractivity contribution in [2.75, 3.05) is 0 Å². The lowest BCUT2D eigenvalue weighted by Crippen LogP contribution is -2.29. The van der Waals surface area contributed by atoms with Crippen LogP contribution in [0.1, 0.15) is 5.56 Å². The lowest BCUT2D eigenvalue weighted by molar-refractivity contribution is 0.306. The molecule has 0 saturated heterocycles. The van der Waals surface area contributed by atoms with Gasteiger partial charge in [0, 0.05) is 0 Å². The third kappa shape index (κ3) is 3.64. The molecule has 0 radical (unpaired) electrons. The molecule has 6 heteroatoms. The molecular formula is C13H11BCl2O3. The van der Waals surface area contributed by atoms with Crippen molar-refractivity contribution >= 4 is 35.8 Å². The van der Waals surface area contributed by atoms with Crippen LogP contribution in [0, 0.1) is 0 Å². The number of rotatable bonds is 4. The molecule has 0 heterocycles. The van der Waals surface area contributed by atoms with Crippen LogP contribution >= 0.6 is 23.2 Å². The Balaban J connectivity index is 2.12. The molecule has 0 fully saturated rings. The summed E-state index contributed by atoms with van der Waals surface area (Å²) >= 11 is 12.0. The highest BCUT2D eigenvalue weighted by Crippen LogP contribution is 2.32. The number of hydrogen-bond donors (Lipinski definition) is 2. The monoisotopic (exact) mass is 296 g/mol. The lowest BCUT2D eigenvalue weighted by Gasteiger charge is -2.10. The summed E-state index contributed by atoms with van der Waals surface area (Å²) in [5.41, 5.74) is 1.20. The topological polar surface area (TPSA) is 49.7 Å². The van der Waals surface area contributed by atoms with Crippen molar-refractivity contribution in [1.29, 1.82) is 0 Å². The molecule has 0 aliphatic heterocycles. The van der Waals surface area contributed by atoms with E-state index in [2.05, 4.69) is 0 Å². The van der Waals surface area contributed by atoms with Crippen molar-refractivity contribution in [3.05, 3.63) is 58.1 Å². The second-order valence-electron chi connectivity index (χ2n) is 3.96. The molecule has 0 aliphatic rings. The molecule has 0 aromatic heterocycles. The van der Waals surface area contributed by atoms with E-state index in [9.17, 15) is 0 Å². The molecule has 0 saturated carbocycles. The van der Waals surface area contributed by atoms with E-state index in [1.165, 1.54) is 0 Å². The maximum Gasteiger partial charge on any atom is 0.488 e. The molecule has 2 rings (SSSR count). The van der Waals surface area contributed by atoms with Gasteiger partial charge in [0.15, 0.2) is 5.75 Å². The van der Waals surface area contributed by atoms with Gasteiger partial charge in [-0.25, -0.2) is 0 Å². The molecule has 0 aliphatic carbocycles. The van der Waals surface area contributed by atoms with Gasteiger partial charge in [0.2, 0.25) is 0 Å². The highest BCUT2D eigenvalue weighted by atomic mass is 35.5. The zero-order valence-corrected chi connectivity index (χ0v) is 11.4. The Bertz CT molecular complexity index is 555. The molecule has 2 N–H and O–H groups in total. The van der Waals surface area contributed by atoms with Crippen LogP contribution in [0.2, 0.25) is 10.0 Å². The normalized spacial score (nSPS) is 10.3. The fourth-order valence-electron chi connectivity index (χ4n) is 1.62. The number of benzene rings is 2. The quantitative estimate of drug-likeness (QED) is 0.851. The van der Waals surface area contributed by atoms with Gasteiger partial charge >= 0.3 is 7.12 Å². The summed E-state index contributed by atoms with van der Waals surface area (Å²) in [4.78, 5) is 0. The fourth-order valence-corrected chi connectivity index (χ4v) is 2.13. The molecule has 98 valence electrons. The minimum Gasteiger partial charge on any atom is -0.486 e. The SMILES string of the molecule is OB(O)c1cccc(COc2c(Cl)cccc2Cl)c1. The third-order valence-electron chi connectivity index (χ3n) is 2.55. The van der Waals surface area contributed by atoms with E-state index in [1.54, 1.807) is 36.4 Å². The maximum absolute atomic E-state index is 9.09. The first-order chi connectivity index (χ1) is 9.08.